The van der Waals surface area contributed by atoms with Crippen LogP contribution >= 0.6 is 23.2 Å². The van der Waals surface area contributed by atoms with Crippen molar-refractivity contribution in [3.63, 3.8) is 0 Å². The maximum Gasteiger partial charge on any atom is 0.175 e. The maximum absolute atomic E-state index is 11.9. The molecule has 26 heavy (non-hydrogen) atoms. The lowest BCUT2D eigenvalue weighted by molar-refractivity contribution is 0.602. The van der Waals surface area contributed by atoms with E-state index in [0.29, 0.717) is 22.3 Å². The van der Waals surface area contributed by atoms with Gasteiger partial charge in [-0.25, -0.2) is 8.42 Å². The topological polar surface area (TPSA) is 51.4 Å². The molecule has 0 unspecified atom stereocenters. The molecular formula is C19H14Cl2N2O2S. The minimum atomic E-state index is -3.30. The molecule has 0 saturated carbocycles. The molecule has 0 spiro atoms. The van der Waals surface area contributed by atoms with Gasteiger partial charge in [-0.3, -0.25) is 4.99 Å². The van der Waals surface area contributed by atoms with Crippen LogP contribution in [0.4, 0.5) is 0 Å². The zero-order valence-electron chi connectivity index (χ0n) is 13.8. The van der Waals surface area contributed by atoms with Gasteiger partial charge in [-0.05, 0) is 36.4 Å². The molecule has 132 valence electrons. The van der Waals surface area contributed by atoms with E-state index in [-0.39, 0.29) is 4.90 Å². The van der Waals surface area contributed by atoms with Gasteiger partial charge in [-0.2, -0.15) is 0 Å². The van der Waals surface area contributed by atoms with Crippen LogP contribution < -0.4 is 0 Å². The lowest BCUT2D eigenvalue weighted by atomic mass is 10.1. The Morgan fingerprint density at radius 3 is 2.65 bits per heavy atom. The van der Waals surface area contributed by atoms with Gasteiger partial charge in [0.1, 0.15) is 0 Å². The van der Waals surface area contributed by atoms with E-state index in [1.165, 1.54) is 6.26 Å². The summed E-state index contributed by atoms with van der Waals surface area (Å²) in [5.41, 5.74) is 4.06. The molecule has 0 aliphatic carbocycles. The fourth-order valence-electron chi connectivity index (χ4n) is 3.10. The predicted octanol–water partition coefficient (Wildman–Crippen LogP) is 4.54. The molecule has 1 aliphatic heterocycles. The summed E-state index contributed by atoms with van der Waals surface area (Å²) in [6.45, 7) is 0.380. The van der Waals surface area contributed by atoms with Crippen molar-refractivity contribution in [3.05, 3.63) is 81.6 Å². The van der Waals surface area contributed by atoms with Crippen LogP contribution in [0.15, 0.2) is 64.6 Å². The van der Waals surface area contributed by atoms with Crippen molar-refractivity contribution in [3.8, 4) is 5.69 Å². The molecule has 1 aromatic heterocycles. The largest absolute Gasteiger partial charge is 0.315 e. The average Bonchev–Trinajstić information content (AvgIpc) is 2.99. The van der Waals surface area contributed by atoms with E-state index in [2.05, 4.69) is 0 Å². The fourth-order valence-corrected chi connectivity index (χ4v) is 4.31. The van der Waals surface area contributed by atoms with Gasteiger partial charge in [0.25, 0.3) is 0 Å². The molecule has 7 heteroatoms. The molecule has 0 amide bonds. The molecule has 0 N–H and O–H groups in total. The number of benzene rings is 2. The molecule has 0 bridgehead atoms. The van der Waals surface area contributed by atoms with E-state index in [0.717, 1.165) is 22.5 Å². The van der Waals surface area contributed by atoms with Crippen molar-refractivity contribution in [1.29, 1.82) is 0 Å². The Balaban J connectivity index is 1.93. The molecule has 3 aromatic rings. The number of sulfone groups is 1. The summed E-state index contributed by atoms with van der Waals surface area (Å²) in [5.74, 6) is 0. The van der Waals surface area contributed by atoms with E-state index >= 15 is 0 Å². The number of aromatic nitrogens is 1. The van der Waals surface area contributed by atoms with Crippen LogP contribution in [-0.4, -0.2) is 25.0 Å². The van der Waals surface area contributed by atoms with Crippen molar-refractivity contribution in [2.24, 2.45) is 4.99 Å². The van der Waals surface area contributed by atoms with E-state index in [1.54, 1.807) is 24.3 Å². The SMILES string of the molecule is CS(=O)(=O)c1cccc(C2=NCc3c(Cl)cc(Cl)cc3-n3cccc32)c1. The van der Waals surface area contributed by atoms with E-state index < -0.39 is 9.84 Å². The minimum Gasteiger partial charge on any atom is -0.315 e. The number of rotatable bonds is 2. The zero-order chi connectivity index (χ0) is 18.5. The summed E-state index contributed by atoms with van der Waals surface area (Å²) in [7, 11) is -3.30. The predicted molar refractivity (Wildman–Crippen MR) is 105 cm³/mol. The Morgan fingerprint density at radius 1 is 1.08 bits per heavy atom. The number of hydrogen-bond donors (Lipinski definition) is 0. The molecule has 2 heterocycles. The third-order valence-electron chi connectivity index (χ3n) is 4.32. The first-order valence-corrected chi connectivity index (χ1v) is 10.5. The summed E-state index contributed by atoms with van der Waals surface area (Å²) >= 11 is 12.6. The average molecular weight is 405 g/mol. The molecule has 4 nitrogen and oxygen atoms in total. The Bertz CT molecular complexity index is 1160. The van der Waals surface area contributed by atoms with Crippen molar-refractivity contribution >= 4 is 38.8 Å². The van der Waals surface area contributed by atoms with Crippen LogP contribution in [0.3, 0.4) is 0 Å². The number of nitrogens with zero attached hydrogens (tertiary/aromatic N) is 2. The molecule has 4 rings (SSSR count). The summed E-state index contributed by atoms with van der Waals surface area (Å²) < 4.78 is 25.8. The first-order chi connectivity index (χ1) is 12.3. The lowest BCUT2D eigenvalue weighted by Crippen LogP contribution is -2.09. The fraction of sp³-hybridized carbons (Fsp3) is 0.105. The highest BCUT2D eigenvalue weighted by atomic mass is 35.5. The van der Waals surface area contributed by atoms with Gasteiger partial charge in [0.05, 0.1) is 28.5 Å². The molecule has 1 aliphatic rings. The van der Waals surface area contributed by atoms with Crippen molar-refractivity contribution in [1.82, 2.24) is 4.57 Å². The van der Waals surface area contributed by atoms with Crippen molar-refractivity contribution in [2.45, 2.75) is 11.4 Å². The Labute approximate surface area is 161 Å². The maximum atomic E-state index is 11.9. The van der Waals surface area contributed by atoms with Crippen LogP contribution in [0.5, 0.6) is 0 Å². The third-order valence-corrected chi connectivity index (χ3v) is 5.98. The molecule has 0 saturated heterocycles. The van der Waals surface area contributed by atoms with Gasteiger partial charge in [0, 0.05) is 33.6 Å². The highest BCUT2D eigenvalue weighted by Crippen LogP contribution is 2.33. The summed E-state index contributed by atoms with van der Waals surface area (Å²) in [5, 5.41) is 1.11. The van der Waals surface area contributed by atoms with Crippen molar-refractivity contribution in [2.75, 3.05) is 6.26 Å². The van der Waals surface area contributed by atoms with Crippen LogP contribution in [0, 0.1) is 0 Å². The van der Waals surface area contributed by atoms with Crippen molar-refractivity contribution < 1.29 is 8.42 Å². The number of hydrogen-bond acceptors (Lipinski definition) is 3. The second-order valence-electron chi connectivity index (χ2n) is 6.11. The Morgan fingerprint density at radius 2 is 1.88 bits per heavy atom. The van der Waals surface area contributed by atoms with Crippen LogP contribution in [0.25, 0.3) is 5.69 Å². The smallest absolute Gasteiger partial charge is 0.175 e. The van der Waals surface area contributed by atoms with Crippen LogP contribution in [0.2, 0.25) is 10.0 Å². The molecule has 0 radical (unpaired) electrons. The van der Waals surface area contributed by atoms with Gasteiger partial charge in [-0.15, -0.1) is 0 Å². The third kappa shape index (κ3) is 2.96. The van der Waals surface area contributed by atoms with E-state index in [4.69, 9.17) is 28.2 Å². The van der Waals surface area contributed by atoms with Gasteiger partial charge >= 0.3 is 0 Å². The van der Waals surface area contributed by atoms with Gasteiger partial charge in [0.2, 0.25) is 0 Å². The second kappa shape index (κ2) is 6.27. The van der Waals surface area contributed by atoms with E-state index in [1.807, 2.05) is 35.0 Å². The minimum absolute atomic E-state index is 0.263. The number of aliphatic imine (C=N–C) groups is 1. The van der Waals surface area contributed by atoms with Crippen LogP contribution in [-0.2, 0) is 16.4 Å². The molecule has 2 aromatic carbocycles. The number of halogens is 2. The molecular weight excluding hydrogens is 391 g/mol. The van der Waals surface area contributed by atoms with Crippen LogP contribution in [0.1, 0.15) is 16.8 Å². The highest BCUT2D eigenvalue weighted by molar-refractivity contribution is 7.90. The van der Waals surface area contributed by atoms with Gasteiger partial charge in [-0.1, -0.05) is 35.3 Å². The van der Waals surface area contributed by atoms with Gasteiger partial charge < -0.3 is 4.57 Å². The van der Waals surface area contributed by atoms with E-state index in [9.17, 15) is 8.42 Å². The first-order valence-electron chi connectivity index (χ1n) is 7.85. The lowest BCUT2D eigenvalue weighted by Gasteiger charge is -2.12. The summed E-state index contributed by atoms with van der Waals surface area (Å²) in [6, 6.07) is 14.2. The first kappa shape index (κ1) is 17.3. The summed E-state index contributed by atoms with van der Waals surface area (Å²) in [6.07, 6.45) is 3.11. The zero-order valence-corrected chi connectivity index (χ0v) is 16.1. The van der Waals surface area contributed by atoms with Gasteiger partial charge in [0.15, 0.2) is 9.84 Å². The Hall–Kier alpha value is -2.08. The number of fused-ring (bicyclic) bond motifs is 3. The normalized spacial score (nSPS) is 13.6. The second-order valence-corrected chi connectivity index (χ2v) is 8.97. The highest BCUT2D eigenvalue weighted by Gasteiger charge is 2.21. The standard InChI is InChI=1S/C19H14Cl2N2O2S/c1-26(24,25)14-5-2-4-12(8-14)19-17-6-3-7-23(17)18-10-13(20)9-16(21)15(18)11-22-19/h2-10H,11H2,1H3. The Kier molecular flexibility index (Phi) is 4.18. The monoisotopic (exact) mass is 404 g/mol. The molecule has 0 fully saturated rings. The molecule has 0 atom stereocenters. The summed E-state index contributed by atoms with van der Waals surface area (Å²) in [4.78, 5) is 5.00. The quantitative estimate of drug-likeness (QED) is 0.629.